The summed E-state index contributed by atoms with van der Waals surface area (Å²) in [6.45, 7) is 0. The van der Waals surface area contributed by atoms with Crippen molar-refractivity contribution in [2.24, 2.45) is 5.10 Å². The molecule has 0 heterocycles. The maximum atomic E-state index is 11.9. The highest BCUT2D eigenvalue weighted by Crippen LogP contribution is 2.24. The van der Waals surface area contributed by atoms with Crippen LogP contribution in [-0.4, -0.2) is 24.8 Å². The molecule has 0 aliphatic rings. The van der Waals surface area contributed by atoms with E-state index in [9.17, 15) is 13.5 Å². The molecular formula is C13H11ClN2O4S. The minimum atomic E-state index is -3.78. The van der Waals surface area contributed by atoms with Crippen LogP contribution in [0.25, 0.3) is 0 Å². The first-order chi connectivity index (χ1) is 9.88. The van der Waals surface area contributed by atoms with Crippen molar-refractivity contribution in [2.45, 2.75) is 4.90 Å². The van der Waals surface area contributed by atoms with Gasteiger partial charge in [0.1, 0.15) is 0 Å². The predicted octanol–water partition coefficient (Wildman–Crippen LogP) is 2.06. The molecule has 0 fully saturated rings. The number of rotatable bonds is 4. The minimum Gasteiger partial charge on any atom is -0.504 e. The lowest BCUT2D eigenvalue weighted by molar-refractivity contribution is 0.403. The van der Waals surface area contributed by atoms with E-state index in [1.54, 1.807) is 0 Å². The van der Waals surface area contributed by atoms with Gasteiger partial charge in [-0.3, -0.25) is 0 Å². The molecule has 0 aromatic heterocycles. The Morgan fingerprint density at radius 2 is 1.71 bits per heavy atom. The van der Waals surface area contributed by atoms with Gasteiger partial charge in [-0.15, -0.1) is 0 Å². The minimum absolute atomic E-state index is 0.0256. The number of hydrogen-bond acceptors (Lipinski definition) is 5. The summed E-state index contributed by atoms with van der Waals surface area (Å²) < 4.78 is 23.8. The van der Waals surface area contributed by atoms with Crippen molar-refractivity contribution >= 4 is 27.8 Å². The maximum Gasteiger partial charge on any atom is 0.276 e. The number of phenolic OH excluding ortho intramolecular Hbond substituents is 2. The van der Waals surface area contributed by atoms with Crippen molar-refractivity contribution in [3.8, 4) is 11.5 Å². The van der Waals surface area contributed by atoms with E-state index in [0.29, 0.717) is 10.6 Å². The Hall–Kier alpha value is -2.25. The first-order valence-electron chi connectivity index (χ1n) is 5.71. The molecule has 0 bridgehead atoms. The van der Waals surface area contributed by atoms with Gasteiger partial charge in [0.25, 0.3) is 10.0 Å². The van der Waals surface area contributed by atoms with Gasteiger partial charge in [0, 0.05) is 5.02 Å². The van der Waals surface area contributed by atoms with Crippen molar-refractivity contribution in [1.29, 1.82) is 0 Å². The van der Waals surface area contributed by atoms with Crippen LogP contribution in [0.5, 0.6) is 11.5 Å². The highest BCUT2D eigenvalue weighted by atomic mass is 35.5. The highest BCUT2D eigenvalue weighted by molar-refractivity contribution is 7.89. The number of aromatic hydroxyl groups is 2. The number of nitrogens with zero attached hydrogens (tertiary/aromatic N) is 1. The fourth-order valence-electron chi connectivity index (χ4n) is 1.46. The summed E-state index contributed by atoms with van der Waals surface area (Å²) in [6, 6.07) is 9.60. The second-order valence-corrected chi connectivity index (χ2v) is 6.15. The molecule has 0 aliphatic heterocycles. The Balaban J connectivity index is 2.12. The molecule has 0 spiro atoms. The molecule has 6 nitrogen and oxygen atoms in total. The molecule has 0 atom stereocenters. The van der Waals surface area contributed by atoms with Crippen molar-refractivity contribution in [1.82, 2.24) is 4.83 Å². The van der Waals surface area contributed by atoms with E-state index in [2.05, 4.69) is 5.10 Å². The second-order valence-electron chi connectivity index (χ2n) is 4.05. The van der Waals surface area contributed by atoms with E-state index in [-0.39, 0.29) is 16.4 Å². The van der Waals surface area contributed by atoms with Crippen molar-refractivity contribution in [3.63, 3.8) is 0 Å². The Labute approximate surface area is 126 Å². The maximum absolute atomic E-state index is 11.9. The third kappa shape index (κ3) is 3.87. The largest absolute Gasteiger partial charge is 0.504 e. The Morgan fingerprint density at radius 1 is 1.05 bits per heavy atom. The predicted molar refractivity (Wildman–Crippen MR) is 79.1 cm³/mol. The van der Waals surface area contributed by atoms with Crippen LogP contribution in [0.3, 0.4) is 0 Å². The summed E-state index contributed by atoms with van der Waals surface area (Å²) in [5, 5.41) is 22.5. The molecule has 21 heavy (non-hydrogen) atoms. The number of phenols is 2. The van der Waals surface area contributed by atoms with Crippen molar-refractivity contribution in [3.05, 3.63) is 53.1 Å². The van der Waals surface area contributed by atoms with Gasteiger partial charge < -0.3 is 10.2 Å². The third-order valence-corrected chi connectivity index (χ3v) is 4.00. The van der Waals surface area contributed by atoms with Crippen LogP contribution in [0.4, 0.5) is 0 Å². The molecule has 8 heteroatoms. The SMILES string of the molecule is O=S(=O)(NN=Cc1ccc(O)c(O)c1)c1ccc(Cl)cc1. The van der Waals surface area contributed by atoms with Gasteiger partial charge in [0.15, 0.2) is 11.5 Å². The number of nitrogens with one attached hydrogen (secondary N) is 1. The van der Waals surface area contributed by atoms with Crippen molar-refractivity contribution < 1.29 is 18.6 Å². The number of sulfonamides is 1. The topological polar surface area (TPSA) is 99.0 Å². The van der Waals surface area contributed by atoms with E-state index in [4.69, 9.17) is 16.7 Å². The molecule has 3 N–H and O–H groups in total. The van der Waals surface area contributed by atoms with Crippen LogP contribution in [-0.2, 0) is 10.0 Å². The quantitative estimate of drug-likeness (QED) is 0.455. The molecule has 0 unspecified atom stereocenters. The lowest BCUT2D eigenvalue weighted by atomic mass is 10.2. The molecule has 2 aromatic rings. The zero-order valence-electron chi connectivity index (χ0n) is 10.6. The van der Waals surface area contributed by atoms with Gasteiger partial charge in [0.05, 0.1) is 11.1 Å². The lowest BCUT2D eigenvalue weighted by Crippen LogP contribution is -2.18. The van der Waals surface area contributed by atoms with Crippen LogP contribution in [0, 0.1) is 0 Å². The van der Waals surface area contributed by atoms with E-state index < -0.39 is 10.0 Å². The van der Waals surface area contributed by atoms with Crippen molar-refractivity contribution in [2.75, 3.05) is 0 Å². The van der Waals surface area contributed by atoms with E-state index in [1.807, 2.05) is 4.83 Å². The normalized spacial score (nSPS) is 11.7. The Kier molecular flexibility index (Phi) is 4.35. The van der Waals surface area contributed by atoms with Gasteiger partial charge in [0.2, 0.25) is 0 Å². The third-order valence-electron chi connectivity index (χ3n) is 2.51. The summed E-state index contributed by atoms with van der Waals surface area (Å²) >= 11 is 5.68. The van der Waals surface area contributed by atoms with Gasteiger partial charge >= 0.3 is 0 Å². The fourth-order valence-corrected chi connectivity index (χ4v) is 2.37. The fraction of sp³-hybridized carbons (Fsp3) is 0. The summed E-state index contributed by atoms with van der Waals surface area (Å²) in [4.78, 5) is 2.06. The summed E-state index contributed by atoms with van der Waals surface area (Å²) in [7, 11) is -3.78. The summed E-state index contributed by atoms with van der Waals surface area (Å²) in [5.41, 5.74) is 0.420. The molecule has 2 rings (SSSR count). The molecule has 0 saturated carbocycles. The number of hydrazone groups is 1. The van der Waals surface area contributed by atoms with Crippen LogP contribution in [0.1, 0.15) is 5.56 Å². The lowest BCUT2D eigenvalue weighted by Gasteiger charge is -2.03. The van der Waals surface area contributed by atoms with Gasteiger partial charge in [-0.05, 0) is 48.0 Å². The average molecular weight is 327 g/mol. The molecule has 0 aliphatic carbocycles. The average Bonchev–Trinajstić information content (AvgIpc) is 2.43. The first kappa shape index (κ1) is 15.1. The van der Waals surface area contributed by atoms with E-state index in [0.717, 1.165) is 0 Å². The number of hydrogen-bond donors (Lipinski definition) is 3. The summed E-state index contributed by atoms with van der Waals surface area (Å²) in [6.07, 6.45) is 1.20. The van der Waals surface area contributed by atoms with Gasteiger partial charge in [-0.2, -0.15) is 13.5 Å². The van der Waals surface area contributed by atoms with Crippen LogP contribution < -0.4 is 4.83 Å². The number of halogens is 1. The molecule has 0 amide bonds. The van der Waals surface area contributed by atoms with Crippen LogP contribution in [0.15, 0.2) is 52.5 Å². The summed E-state index contributed by atoms with van der Waals surface area (Å²) in [5.74, 6) is -0.589. The van der Waals surface area contributed by atoms with Crippen LogP contribution >= 0.6 is 11.6 Å². The van der Waals surface area contributed by atoms with Gasteiger partial charge in [-0.1, -0.05) is 11.6 Å². The highest BCUT2D eigenvalue weighted by Gasteiger charge is 2.11. The van der Waals surface area contributed by atoms with Crippen LogP contribution in [0.2, 0.25) is 5.02 Å². The zero-order chi connectivity index (χ0) is 15.5. The number of benzene rings is 2. The van der Waals surface area contributed by atoms with E-state index in [1.165, 1.54) is 48.7 Å². The Morgan fingerprint density at radius 3 is 2.33 bits per heavy atom. The molecular weight excluding hydrogens is 316 g/mol. The first-order valence-corrected chi connectivity index (χ1v) is 7.57. The zero-order valence-corrected chi connectivity index (χ0v) is 12.1. The second kappa shape index (κ2) is 6.02. The van der Waals surface area contributed by atoms with Gasteiger partial charge in [-0.25, -0.2) is 4.83 Å². The smallest absolute Gasteiger partial charge is 0.276 e. The molecule has 110 valence electrons. The molecule has 2 aromatic carbocycles. The molecule has 0 saturated heterocycles. The Bertz CT molecular complexity index is 773. The standard InChI is InChI=1S/C13H11ClN2O4S/c14-10-2-4-11(5-3-10)21(19,20)16-15-8-9-1-6-12(17)13(18)7-9/h1-8,16-18H. The monoisotopic (exact) mass is 326 g/mol. The molecule has 0 radical (unpaired) electrons. The van der Waals surface area contributed by atoms with E-state index >= 15 is 0 Å².